The monoisotopic (exact) mass is 436 g/mol. The second-order valence-corrected chi connectivity index (χ2v) is 6.53. The summed E-state index contributed by atoms with van der Waals surface area (Å²) in [7, 11) is 0. The van der Waals surface area contributed by atoms with Gasteiger partial charge in [-0.05, 0) is 48.7 Å². The first kappa shape index (κ1) is 27.4. The lowest BCUT2D eigenvalue weighted by molar-refractivity contribution is -0.150. The molecule has 170 valence electrons. The van der Waals surface area contributed by atoms with Gasteiger partial charge in [-0.1, -0.05) is 31.2 Å². The number of aliphatic hydroxyl groups is 1. The van der Waals surface area contributed by atoms with Crippen molar-refractivity contribution in [2.45, 2.75) is 45.5 Å². The number of carbonyl (C=O) groups is 3. The van der Waals surface area contributed by atoms with Gasteiger partial charge in [-0.2, -0.15) is 0 Å². The molecule has 4 N–H and O–H groups in total. The normalized spacial score (nSPS) is 11.3. The fourth-order valence-corrected chi connectivity index (χ4v) is 1.97. The summed E-state index contributed by atoms with van der Waals surface area (Å²) < 4.78 is 9.52. The summed E-state index contributed by atoms with van der Waals surface area (Å²) in [6.45, 7) is 3.97. The van der Waals surface area contributed by atoms with Crippen molar-refractivity contribution < 1.29 is 44.3 Å². The summed E-state index contributed by atoms with van der Waals surface area (Å²) in [6, 6.07) is 12.9. The van der Waals surface area contributed by atoms with Crippen molar-refractivity contribution in [2.24, 2.45) is 0 Å². The van der Waals surface area contributed by atoms with Crippen LogP contribution in [0.3, 0.4) is 0 Å². The molecule has 9 heteroatoms. The number of aromatic hydroxyl groups is 2. The third-order valence-electron chi connectivity index (χ3n) is 3.88. The summed E-state index contributed by atoms with van der Waals surface area (Å²) >= 11 is 0. The molecule has 0 heterocycles. The Balaban J connectivity index is 0.000000551. The van der Waals surface area contributed by atoms with Crippen LogP contribution < -0.4 is 0 Å². The van der Waals surface area contributed by atoms with E-state index in [0.29, 0.717) is 12.9 Å². The zero-order chi connectivity index (χ0) is 23.7. The van der Waals surface area contributed by atoms with E-state index in [9.17, 15) is 14.7 Å². The second-order valence-electron chi connectivity index (χ2n) is 6.53. The minimum absolute atomic E-state index is 0.0123. The van der Waals surface area contributed by atoms with E-state index >= 15 is 0 Å². The first-order valence-corrected chi connectivity index (χ1v) is 9.24. The standard InChI is InChI=1S/C13H18O4.C8H8O3.CH2O2/c1-3-13(2,16)8-12(15)17-9-10-4-6-11(14)7-5-10;9-6-11-5-7-1-3-8(10)4-2-7;2-1-3/h4-7,14,16H,3,8-9H2,1-2H3;1-4,6,10H,5H2;1H,(H,2,3). The molecular formula is C22H28O9. The highest BCUT2D eigenvalue weighted by Crippen LogP contribution is 2.16. The van der Waals surface area contributed by atoms with Crippen molar-refractivity contribution in [3.63, 3.8) is 0 Å². The SMILES string of the molecule is CCC(C)(O)CC(=O)OCc1ccc(O)cc1.O=CO.O=COCc1ccc(O)cc1. The van der Waals surface area contributed by atoms with E-state index < -0.39 is 11.6 Å². The van der Waals surface area contributed by atoms with Gasteiger partial charge in [0, 0.05) is 0 Å². The predicted molar refractivity (Wildman–Crippen MR) is 111 cm³/mol. The van der Waals surface area contributed by atoms with Crippen molar-refractivity contribution in [1.82, 2.24) is 0 Å². The molecule has 0 bridgehead atoms. The lowest BCUT2D eigenvalue weighted by atomic mass is 10.00. The number of benzene rings is 2. The maximum Gasteiger partial charge on any atom is 0.309 e. The molecule has 1 atom stereocenters. The number of phenolic OH excluding ortho intramolecular Hbond substituents is 2. The highest BCUT2D eigenvalue weighted by atomic mass is 16.5. The summed E-state index contributed by atoms with van der Waals surface area (Å²) in [5.41, 5.74) is 0.647. The molecule has 2 aromatic rings. The Labute approximate surface area is 180 Å². The van der Waals surface area contributed by atoms with Gasteiger partial charge < -0.3 is 29.9 Å². The van der Waals surface area contributed by atoms with E-state index in [1.165, 1.54) is 12.1 Å². The quantitative estimate of drug-likeness (QED) is 0.362. The zero-order valence-corrected chi connectivity index (χ0v) is 17.4. The van der Waals surface area contributed by atoms with Gasteiger partial charge in [0.15, 0.2) is 0 Å². The molecule has 0 aliphatic heterocycles. The molecule has 0 aliphatic rings. The minimum atomic E-state index is -1.01. The molecule has 0 saturated carbocycles. The van der Waals surface area contributed by atoms with Crippen LogP contribution in [0.2, 0.25) is 0 Å². The molecule has 0 radical (unpaired) electrons. The van der Waals surface area contributed by atoms with Gasteiger partial charge in [0.05, 0.1) is 12.0 Å². The number of carbonyl (C=O) groups excluding carboxylic acids is 2. The molecule has 0 saturated heterocycles. The van der Waals surface area contributed by atoms with E-state index in [2.05, 4.69) is 4.74 Å². The number of hydrogen-bond donors (Lipinski definition) is 4. The summed E-state index contributed by atoms with van der Waals surface area (Å²) in [6.07, 6.45) is 0.489. The number of carboxylic acid groups (broad SMARTS) is 1. The van der Waals surface area contributed by atoms with Crippen LogP contribution in [0.25, 0.3) is 0 Å². The van der Waals surface area contributed by atoms with Crippen LogP contribution in [0.1, 0.15) is 37.8 Å². The molecule has 0 fully saturated rings. The van der Waals surface area contributed by atoms with Crippen molar-refractivity contribution in [1.29, 1.82) is 0 Å². The molecular weight excluding hydrogens is 408 g/mol. The summed E-state index contributed by atoms with van der Waals surface area (Å²) in [5.74, 6) is -0.0428. The van der Waals surface area contributed by atoms with E-state index in [0.717, 1.165) is 11.1 Å². The first-order valence-electron chi connectivity index (χ1n) is 9.24. The molecule has 0 spiro atoms. The van der Waals surface area contributed by atoms with E-state index in [-0.39, 0.29) is 37.6 Å². The molecule has 2 rings (SSSR count). The second kappa shape index (κ2) is 15.3. The van der Waals surface area contributed by atoms with E-state index in [1.807, 2.05) is 6.92 Å². The van der Waals surface area contributed by atoms with Crippen LogP contribution in [-0.4, -0.2) is 44.9 Å². The average molecular weight is 436 g/mol. The van der Waals surface area contributed by atoms with Crippen LogP contribution in [-0.2, 0) is 37.1 Å². The molecule has 0 aromatic heterocycles. The zero-order valence-electron chi connectivity index (χ0n) is 17.4. The Morgan fingerprint density at radius 2 is 1.35 bits per heavy atom. The highest BCUT2D eigenvalue weighted by Gasteiger charge is 2.22. The molecule has 0 aliphatic carbocycles. The Morgan fingerprint density at radius 1 is 0.935 bits per heavy atom. The number of esters is 1. The third kappa shape index (κ3) is 14.1. The molecule has 2 aromatic carbocycles. The van der Waals surface area contributed by atoms with Gasteiger partial charge in [0.25, 0.3) is 12.9 Å². The van der Waals surface area contributed by atoms with Gasteiger partial charge in [0.1, 0.15) is 24.7 Å². The number of phenols is 2. The Hall–Kier alpha value is -3.59. The molecule has 9 nitrogen and oxygen atoms in total. The highest BCUT2D eigenvalue weighted by molar-refractivity contribution is 5.70. The Morgan fingerprint density at radius 3 is 1.74 bits per heavy atom. The van der Waals surface area contributed by atoms with Gasteiger partial charge >= 0.3 is 5.97 Å². The largest absolute Gasteiger partial charge is 0.508 e. The van der Waals surface area contributed by atoms with E-state index in [1.54, 1.807) is 43.3 Å². The van der Waals surface area contributed by atoms with Crippen LogP contribution >= 0.6 is 0 Å². The topological polar surface area (TPSA) is 151 Å². The van der Waals surface area contributed by atoms with Crippen molar-refractivity contribution in [2.75, 3.05) is 0 Å². The third-order valence-corrected chi connectivity index (χ3v) is 3.88. The van der Waals surface area contributed by atoms with Gasteiger partial charge in [0.2, 0.25) is 0 Å². The van der Waals surface area contributed by atoms with Gasteiger partial charge in [-0.3, -0.25) is 14.4 Å². The van der Waals surface area contributed by atoms with Crippen LogP contribution in [0.5, 0.6) is 11.5 Å². The average Bonchev–Trinajstić information content (AvgIpc) is 2.74. The lowest BCUT2D eigenvalue weighted by Gasteiger charge is -2.19. The Bertz CT molecular complexity index is 769. The van der Waals surface area contributed by atoms with E-state index in [4.69, 9.17) is 24.9 Å². The van der Waals surface area contributed by atoms with Crippen LogP contribution in [0.4, 0.5) is 0 Å². The maximum atomic E-state index is 11.4. The maximum absolute atomic E-state index is 11.4. The Kier molecular flexibility index (Phi) is 13.5. The summed E-state index contributed by atoms with van der Waals surface area (Å²) in [4.78, 5) is 29.6. The lowest BCUT2D eigenvalue weighted by Crippen LogP contribution is -2.27. The van der Waals surface area contributed by atoms with Crippen molar-refractivity contribution in [3.8, 4) is 11.5 Å². The number of hydrogen-bond acceptors (Lipinski definition) is 8. The minimum Gasteiger partial charge on any atom is -0.508 e. The van der Waals surface area contributed by atoms with Crippen molar-refractivity contribution in [3.05, 3.63) is 59.7 Å². The van der Waals surface area contributed by atoms with Crippen LogP contribution in [0.15, 0.2) is 48.5 Å². The molecule has 1 unspecified atom stereocenters. The number of ether oxygens (including phenoxy) is 2. The van der Waals surface area contributed by atoms with Gasteiger partial charge in [-0.25, -0.2) is 0 Å². The fraction of sp³-hybridized carbons (Fsp3) is 0.318. The first-order chi connectivity index (χ1) is 14.7. The number of rotatable bonds is 8. The van der Waals surface area contributed by atoms with Crippen LogP contribution in [0, 0.1) is 0 Å². The predicted octanol–water partition coefficient (Wildman–Crippen LogP) is 2.75. The fourth-order valence-electron chi connectivity index (χ4n) is 1.97. The smallest absolute Gasteiger partial charge is 0.309 e. The summed E-state index contributed by atoms with van der Waals surface area (Å²) in [5, 5.41) is 34.5. The van der Waals surface area contributed by atoms with Crippen molar-refractivity contribution >= 4 is 18.9 Å². The molecule has 0 amide bonds. The van der Waals surface area contributed by atoms with Gasteiger partial charge in [-0.15, -0.1) is 0 Å². The molecule has 31 heavy (non-hydrogen) atoms.